The first-order valence-electron chi connectivity index (χ1n) is 8.38. The molecular formula is C19H23FN2O4S. The molecule has 0 spiro atoms. The van der Waals surface area contributed by atoms with E-state index < -0.39 is 21.7 Å². The zero-order valence-corrected chi connectivity index (χ0v) is 16.1. The number of nitrogens with one attached hydrogen (secondary N) is 1. The molecule has 0 saturated heterocycles. The smallest absolute Gasteiger partial charge is 0.235 e. The van der Waals surface area contributed by atoms with Gasteiger partial charge in [0, 0.05) is 13.1 Å². The lowest BCUT2D eigenvalue weighted by Gasteiger charge is -2.19. The molecule has 2 aromatic rings. The van der Waals surface area contributed by atoms with E-state index in [-0.39, 0.29) is 26.1 Å². The monoisotopic (exact) mass is 394 g/mol. The average Bonchev–Trinajstić information content (AvgIpc) is 2.64. The van der Waals surface area contributed by atoms with Crippen molar-refractivity contribution in [3.63, 3.8) is 0 Å². The molecule has 0 fully saturated rings. The molecule has 0 aromatic heterocycles. The minimum atomic E-state index is -3.60. The van der Waals surface area contributed by atoms with Gasteiger partial charge in [0.25, 0.3) is 0 Å². The Bertz CT molecular complexity index is 870. The highest BCUT2D eigenvalue weighted by molar-refractivity contribution is 7.88. The summed E-state index contributed by atoms with van der Waals surface area (Å²) >= 11 is 0. The van der Waals surface area contributed by atoms with E-state index in [0.29, 0.717) is 11.3 Å². The van der Waals surface area contributed by atoms with Gasteiger partial charge in [-0.05, 0) is 35.7 Å². The van der Waals surface area contributed by atoms with Crippen molar-refractivity contribution in [2.75, 3.05) is 26.5 Å². The second-order valence-electron chi connectivity index (χ2n) is 6.06. The van der Waals surface area contributed by atoms with Crippen molar-refractivity contribution >= 4 is 15.9 Å². The third kappa shape index (κ3) is 6.65. The first-order chi connectivity index (χ1) is 12.8. The summed E-state index contributed by atoms with van der Waals surface area (Å²) in [5, 5.41) is 2.69. The molecule has 0 saturated carbocycles. The molecule has 1 amide bonds. The number of hydrogen-bond acceptors (Lipinski definition) is 4. The van der Waals surface area contributed by atoms with Crippen LogP contribution >= 0.6 is 0 Å². The molecule has 0 aliphatic rings. The van der Waals surface area contributed by atoms with Crippen LogP contribution in [0.3, 0.4) is 0 Å². The van der Waals surface area contributed by atoms with Crippen molar-refractivity contribution in [2.45, 2.75) is 13.0 Å². The Balaban J connectivity index is 1.92. The predicted octanol–water partition coefficient (Wildman–Crippen LogP) is 1.95. The maximum atomic E-state index is 13.7. The second-order valence-corrected chi connectivity index (χ2v) is 8.05. The Hall–Kier alpha value is -2.45. The highest BCUT2D eigenvalue weighted by Crippen LogP contribution is 2.11. The number of ether oxygens (including phenoxy) is 1. The number of carbonyl (C=O) groups is 1. The summed E-state index contributed by atoms with van der Waals surface area (Å²) in [6.45, 7) is -0.0209. The highest BCUT2D eigenvalue weighted by Gasteiger charge is 2.20. The lowest BCUT2D eigenvalue weighted by atomic mass is 10.1. The lowest BCUT2D eigenvalue weighted by molar-refractivity contribution is -0.121. The standard InChI is InChI=1S/C19H23FN2O4S/c1-26-17-9-7-15(8-10-17)13-21-19(23)14-22(27(2,24)25)12-11-16-5-3-4-6-18(16)20/h3-10H,11-14H2,1-2H3,(H,21,23). The Labute approximate surface area is 159 Å². The van der Waals surface area contributed by atoms with E-state index in [1.165, 1.54) is 6.07 Å². The van der Waals surface area contributed by atoms with Gasteiger partial charge in [-0.3, -0.25) is 4.79 Å². The molecule has 0 radical (unpaired) electrons. The van der Waals surface area contributed by atoms with Crippen LogP contribution in [-0.2, 0) is 27.8 Å². The largest absolute Gasteiger partial charge is 0.497 e. The number of benzene rings is 2. The fourth-order valence-corrected chi connectivity index (χ4v) is 3.24. The van der Waals surface area contributed by atoms with Crippen molar-refractivity contribution in [2.24, 2.45) is 0 Å². The molecule has 0 aliphatic carbocycles. The first-order valence-corrected chi connectivity index (χ1v) is 10.2. The van der Waals surface area contributed by atoms with Gasteiger partial charge in [-0.1, -0.05) is 30.3 Å². The van der Waals surface area contributed by atoms with Crippen molar-refractivity contribution in [3.05, 3.63) is 65.5 Å². The molecule has 0 aliphatic heterocycles. The Morgan fingerprint density at radius 1 is 1.15 bits per heavy atom. The summed E-state index contributed by atoms with van der Waals surface area (Å²) in [5.74, 6) is -0.110. The van der Waals surface area contributed by atoms with Crippen molar-refractivity contribution in [3.8, 4) is 5.75 Å². The predicted molar refractivity (Wildman–Crippen MR) is 101 cm³/mol. The third-order valence-electron chi connectivity index (χ3n) is 4.03. The quantitative estimate of drug-likeness (QED) is 0.705. The van der Waals surface area contributed by atoms with Gasteiger partial charge in [-0.15, -0.1) is 0 Å². The number of methoxy groups -OCH3 is 1. The SMILES string of the molecule is COc1ccc(CNC(=O)CN(CCc2ccccc2F)S(C)(=O)=O)cc1. The fraction of sp³-hybridized carbons (Fsp3) is 0.316. The molecule has 1 N–H and O–H groups in total. The first kappa shape index (κ1) is 20.9. The van der Waals surface area contributed by atoms with E-state index in [9.17, 15) is 17.6 Å². The molecule has 6 nitrogen and oxygen atoms in total. The van der Waals surface area contributed by atoms with Gasteiger partial charge in [0.1, 0.15) is 11.6 Å². The van der Waals surface area contributed by atoms with E-state index >= 15 is 0 Å². The summed E-state index contributed by atoms with van der Waals surface area (Å²) in [7, 11) is -2.03. The van der Waals surface area contributed by atoms with Gasteiger partial charge in [-0.2, -0.15) is 4.31 Å². The molecule has 146 valence electrons. The Morgan fingerprint density at radius 3 is 2.41 bits per heavy atom. The summed E-state index contributed by atoms with van der Waals surface area (Å²) < 4.78 is 43.7. The van der Waals surface area contributed by atoms with E-state index in [1.807, 2.05) is 12.1 Å². The molecule has 2 rings (SSSR count). The van der Waals surface area contributed by atoms with Crippen LogP contribution in [0.5, 0.6) is 5.75 Å². The zero-order chi connectivity index (χ0) is 19.9. The van der Waals surface area contributed by atoms with Crippen LogP contribution in [0.4, 0.5) is 4.39 Å². The summed E-state index contributed by atoms with van der Waals surface area (Å²) in [5.41, 5.74) is 1.27. The van der Waals surface area contributed by atoms with Crippen LogP contribution in [0, 0.1) is 5.82 Å². The summed E-state index contributed by atoms with van der Waals surface area (Å²) in [6.07, 6.45) is 1.22. The average molecular weight is 394 g/mol. The topological polar surface area (TPSA) is 75.7 Å². The van der Waals surface area contributed by atoms with E-state index in [0.717, 1.165) is 16.1 Å². The maximum Gasteiger partial charge on any atom is 0.235 e. The summed E-state index contributed by atoms with van der Waals surface area (Å²) in [6, 6.07) is 13.3. The molecule has 8 heteroatoms. The number of halogens is 1. The van der Waals surface area contributed by atoms with Crippen LogP contribution in [0.2, 0.25) is 0 Å². The van der Waals surface area contributed by atoms with Crippen molar-refractivity contribution < 1.29 is 22.3 Å². The van der Waals surface area contributed by atoms with Gasteiger partial charge in [0.15, 0.2) is 0 Å². The van der Waals surface area contributed by atoms with Gasteiger partial charge in [0.05, 0.1) is 19.9 Å². The van der Waals surface area contributed by atoms with Crippen molar-refractivity contribution in [1.29, 1.82) is 0 Å². The van der Waals surface area contributed by atoms with Crippen LogP contribution in [0.15, 0.2) is 48.5 Å². The number of hydrogen-bond donors (Lipinski definition) is 1. The minimum Gasteiger partial charge on any atom is -0.497 e. The molecule has 0 atom stereocenters. The van der Waals surface area contributed by atoms with E-state index in [1.54, 1.807) is 37.4 Å². The molecule has 0 bridgehead atoms. The van der Waals surface area contributed by atoms with Gasteiger partial charge in [-0.25, -0.2) is 12.8 Å². The van der Waals surface area contributed by atoms with E-state index in [4.69, 9.17) is 4.74 Å². The Morgan fingerprint density at radius 2 is 1.81 bits per heavy atom. The second kappa shape index (κ2) is 9.48. The minimum absolute atomic E-state index is 0.0235. The summed E-state index contributed by atoms with van der Waals surface area (Å²) in [4.78, 5) is 12.2. The van der Waals surface area contributed by atoms with Crippen LogP contribution in [0.1, 0.15) is 11.1 Å². The highest BCUT2D eigenvalue weighted by atomic mass is 32.2. The van der Waals surface area contributed by atoms with Crippen LogP contribution in [-0.4, -0.2) is 45.1 Å². The zero-order valence-electron chi connectivity index (χ0n) is 15.3. The maximum absolute atomic E-state index is 13.7. The fourth-order valence-electron chi connectivity index (χ4n) is 2.47. The number of amides is 1. The van der Waals surface area contributed by atoms with Gasteiger partial charge < -0.3 is 10.1 Å². The number of sulfonamides is 1. The van der Waals surface area contributed by atoms with Crippen LogP contribution in [0.25, 0.3) is 0 Å². The van der Waals surface area contributed by atoms with Crippen LogP contribution < -0.4 is 10.1 Å². The lowest BCUT2D eigenvalue weighted by Crippen LogP contribution is -2.41. The Kier molecular flexibility index (Phi) is 7.32. The van der Waals surface area contributed by atoms with E-state index in [2.05, 4.69) is 5.32 Å². The number of nitrogens with zero attached hydrogens (tertiary/aromatic N) is 1. The third-order valence-corrected chi connectivity index (χ3v) is 5.28. The normalized spacial score (nSPS) is 11.4. The molecule has 0 unspecified atom stereocenters. The molecular weight excluding hydrogens is 371 g/mol. The van der Waals surface area contributed by atoms with Crippen molar-refractivity contribution in [1.82, 2.24) is 9.62 Å². The molecule has 27 heavy (non-hydrogen) atoms. The number of rotatable bonds is 9. The van der Waals surface area contributed by atoms with Gasteiger partial charge in [0.2, 0.25) is 15.9 Å². The molecule has 2 aromatic carbocycles. The number of carbonyl (C=O) groups excluding carboxylic acids is 1. The molecule has 0 heterocycles. The van der Waals surface area contributed by atoms with Gasteiger partial charge >= 0.3 is 0 Å².